The summed E-state index contributed by atoms with van der Waals surface area (Å²) in [7, 11) is 0. The lowest BCUT2D eigenvalue weighted by Crippen LogP contribution is -2.11. The molecule has 0 unspecified atom stereocenters. The first-order valence-electron chi connectivity index (χ1n) is 7.03. The molecular formula is C15H18ClN3O. The van der Waals surface area contributed by atoms with Gasteiger partial charge in [0.15, 0.2) is 5.82 Å². The smallest absolute Gasteiger partial charge is 0.261 e. The number of nitrogens with zero attached hydrogens (tertiary/aromatic N) is 2. The Morgan fingerprint density at radius 3 is 2.70 bits per heavy atom. The van der Waals surface area contributed by atoms with Crippen molar-refractivity contribution in [1.29, 1.82) is 0 Å². The number of anilines is 1. The molecule has 1 aliphatic rings. The molecule has 2 aromatic rings. The van der Waals surface area contributed by atoms with Crippen LogP contribution in [0.15, 0.2) is 22.7 Å². The quantitative estimate of drug-likeness (QED) is 0.839. The minimum absolute atomic E-state index is 0.396. The Morgan fingerprint density at radius 2 is 2.00 bits per heavy atom. The van der Waals surface area contributed by atoms with Crippen LogP contribution in [0.3, 0.4) is 0 Å². The molecular weight excluding hydrogens is 274 g/mol. The van der Waals surface area contributed by atoms with Gasteiger partial charge in [-0.05, 0) is 30.9 Å². The molecule has 1 aromatic carbocycles. The molecule has 4 nitrogen and oxygen atoms in total. The SMILES string of the molecule is CC1CCC(c2noc(-c3c(N)cccc3Cl)n2)CC1. The zero-order chi connectivity index (χ0) is 14.1. The highest BCUT2D eigenvalue weighted by Gasteiger charge is 2.25. The van der Waals surface area contributed by atoms with Crippen molar-refractivity contribution in [1.82, 2.24) is 10.1 Å². The van der Waals surface area contributed by atoms with E-state index in [4.69, 9.17) is 21.9 Å². The zero-order valence-electron chi connectivity index (χ0n) is 11.5. The number of hydrogen-bond acceptors (Lipinski definition) is 4. The number of benzene rings is 1. The van der Waals surface area contributed by atoms with Crippen LogP contribution in [-0.4, -0.2) is 10.1 Å². The standard InChI is InChI=1S/C15H18ClN3O/c1-9-5-7-10(8-6-9)14-18-15(20-19-14)13-11(16)3-2-4-12(13)17/h2-4,9-10H,5-8,17H2,1H3. The van der Waals surface area contributed by atoms with Gasteiger partial charge < -0.3 is 10.3 Å². The molecule has 1 saturated carbocycles. The second kappa shape index (κ2) is 5.44. The molecule has 3 rings (SSSR count). The van der Waals surface area contributed by atoms with E-state index >= 15 is 0 Å². The van der Waals surface area contributed by atoms with Gasteiger partial charge in [0.2, 0.25) is 0 Å². The van der Waals surface area contributed by atoms with Crippen LogP contribution in [0.4, 0.5) is 5.69 Å². The van der Waals surface area contributed by atoms with Gasteiger partial charge in [-0.3, -0.25) is 0 Å². The second-order valence-corrected chi connectivity index (χ2v) is 6.03. The highest BCUT2D eigenvalue weighted by atomic mass is 35.5. The van der Waals surface area contributed by atoms with Crippen molar-refractivity contribution in [2.75, 3.05) is 5.73 Å². The van der Waals surface area contributed by atoms with Crippen molar-refractivity contribution >= 4 is 17.3 Å². The fourth-order valence-electron chi connectivity index (χ4n) is 2.79. The molecule has 5 heteroatoms. The molecule has 1 fully saturated rings. The fraction of sp³-hybridized carbons (Fsp3) is 0.467. The van der Waals surface area contributed by atoms with E-state index in [0.717, 1.165) is 24.6 Å². The van der Waals surface area contributed by atoms with Crippen LogP contribution in [0.1, 0.15) is 44.3 Å². The van der Waals surface area contributed by atoms with E-state index < -0.39 is 0 Å². The van der Waals surface area contributed by atoms with E-state index in [1.54, 1.807) is 18.2 Å². The average Bonchev–Trinajstić information content (AvgIpc) is 2.89. The summed E-state index contributed by atoms with van der Waals surface area (Å²) in [6.07, 6.45) is 4.70. The highest BCUT2D eigenvalue weighted by molar-refractivity contribution is 6.33. The van der Waals surface area contributed by atoms with E-state index in [1.807, 2.05) is 0 Å². The summed E-state index contributed by atoms with van der Waals surface area (Å²) < 4.78 is 5.37. The molecule has 0 aliphatic heterocycles. The summed E-state index contributed by atoms with van der Waals surface area (Å²) in [4.78, 5) is 4.51. The monoisotopic (exact) mass is 291 g/mol. The summed E-state index contributed by atoms with van der Waals surface area (Å²) in [6.45, 7) is 2.29. The molecule has 106 valence electrons. The number of nitrogen functional groups attached to an aromatic ring is 1. The molecule has 20 heavy (non-hydrogen) atoms. The van der Waals surface area contributed by atoms with Crippen LogP contribution in [0.5, 0.6) is 0 Å². The van der Waals surface area contributed by atoms with E-state index in [2.05, 4.69) is 17.1 Å². The third-order valence-corrected chi connectivity index (χ3v) is 4.40. The Bertz CT molecular complexity index is 583. The highest BCUT2D eigenvalue weighted by Crippen LogP contribution is 2.37. The lowest BCUT2D eigenvalue weighted by molar-refractivity contribution is 0.329. The van der Waals surface area contributed by atoms with Gasteiger partial charge in [-0.2, -0.15) is 4.98 Å². The molecule has 0 saturated heterocycles. The largest absolute Gasteiger partial charge is 0.398 e. The van der Waals surface area contributed by atoms with E-state index in [1.165, 1.54) is 12.8 Å². The molecule has 0 spiro atoms. The van der Waals surface area contributed by atoms with E-state index in [-0.39, 0.29) is 0 Å². The van der Waals surface area contributed by atoms with Gasteiger partial charge in [0.1, 0.15) is 0 Å². The summed E-state index contributed by atoms with van der Waals surface area (Å²) in [5.41, 5.74) is 7.14. The number of aromatic nitrogens is 2. The Kier molecular flexibility index (Phi) is 3.66. The van der Waals surface area contributed by atoms with Crippen LogP contribution >= 0.6 is 11.6 Å². The van der Waals surface area contributed by atoms with Crippen molar-refractivity contribution in [2.24, 2.45) is 5.92 Å². The van der Waals surface area contributed by atoms with Crippen molar-refractivity contribution in [3.05, 3.63) is 29.0 Å². The Labute approximate surface area is 123 Å². The molecule has 1 heterocycles. The number of hydrogen-bond donors (Lipinski definition) is 1. The normalized spacial score (nSPS) is 22.9. The first kappa shape index (κ1) is 13.4. The van der Waals surface area contributed by atoms with Crippen LogP contribution in [-0.2, 0) is 0 Å². The van der Waals surface area contributed by atoms with Crippen molar-refractivity contribution < 1.29 is 4.52 Å². The topological polar surface area (TPSA) is 64.9 Å². The summed E-state index contributed by atoms with van der Waals surface area (Å²) in [6, 6.07) is 5.37. The first-order chi connectivity index (χ1) is 9.65. The summed E-state index contributed by atoms with van der Waals surface area (Å²) in [5.74, 6) is 2.40. The number of halogens is 1. The Hall–Kier alpha value is -1.55. The third-order valence-electron chi connectivity index (χ3n) is 4.08. The minimum atomic E-state index is 0.396. The van der Waals surface area contributed by atoms with Gasteiger partial charge in [0.25, 0.3) is 5.89 Å². The van der Waals surface area contributed by atoms with Crippen molar-refractivity contribution in [3.8, 4) is 11.5 Å². The van der Waals surface area contributed by atoms with Gasteiger partial charge in [0.05, 0.1) is 10.6 Å². The molecule has 0 atom stereocenters. The molecule has 2 N–H and O–H groups in total. The molecule has 1 aromatic heterocycles. The van der Waals surface area contributed by atoms with Gasteiger partial charge >= 0.3 is 0 Å². The van der Waals surface area contributed by atoms with Gasteiger partial charge in [0, 0.05) is 11.6 Å². The van der Waals surface area contributed by atoms with Crippen molar-refractivity contribution in [2.45, 2.75) is 38.5 Å². The summed E-state index contributed by atoms with van der Waals surface area (Å²) in [5, 5.41) is 4.66. The van der Waals surface area contributed by atoms with Crippen LogP contribution in [0.2, 0.25) is 5.02 Å². The number of nitrogens with two attached hydrogens (primary N) is 1. The average molecular weight is 292 g/mol. The van der Waals surface area contributed by atoms with Gasteiger partial charge in [-0.25, -0.2) is 0 Å². The molecule has 0 amide bonds. The second-order valence-electron chi connectivity index (χ2n) is 5.62. The van der Waals surface area contributed by atoms with Crippen molar-refractivity contribution in [3.63, 3.8) is 0 Å². The molecule has 0 radical (unpaired) electrons. The molecule has 0 bridgehead atoms. The van der Waals surface area contributed by atoms with Crippen LogP contribution in [0.25, 0.3) is 11.5 Å². The maximum atomic E-state index is 6.17. The third kappa shape index (κ3) is 2.52. The summed E-state index contributed by atoms with van der Waals surface area (Å²) >= 11 is 6.17. The lowest BCUT2D eigenvalue weighted by Gasteiger charge is -2.23. The van der Waals surface area contributed by atoms with Gasteiger partial charge in [-0.1, -0.05) is 42.6 Å². The van der Waals surface area contributed by atoms with Gasteiger partial charge in [-0.15, -0.1) is 0 Å². The fourth-order valence-corrected chi connectivity index (χ4v) is 3.05. The Morgan fingerprint density at radius 1 is 1.25 bits per heavy atom. The Balaban J connectivity index is 1.87. The van der Waals surface area contributed by atoms with Crippen LogP contribution in [0, 0.1) is 5.92 Å². The van der Waals surface area contributed by atoms with Crippen LogP contribution < -0.4 is 5.73 Å². The predicted molar refractivity (Wildman–Crippen MR) is 79.5 cm³/mol. The first-order valence-corrected chi connectivity index (χ1v) is 7.41. The van der Waals surface area contributed by atoms with E-state index in [9.17, 15) is 0 Å². The zero-order valence-corrected chi connectivity index (χ0v) is 12.2. The maximum Gasteiger partial charge on any atom is 0.261 e. The molecule has 1 aliphatic carbocycles. The van der Waals surface area contributed by atoms with E-state index in [0.29, 0.717) is 28.1 Å². The predicted octanol–water partition coefficient (Wildman–Crippen LogP) is 4.27. The maximum absolute atomic E-state index is 6.17. The number of rotatable bonds is 2. The lowest BCUT2D eigenvalue weighted by atomic mass is 9.83. The minimum Gasteiger partial charge on any atom is -0.398 e.